The highest BCUT2D eigenvalue weighted by molar-refractivity contribution is 6.31. The maximum atomic E-state index is 5.90. The molecular weight excluding hydrogens is 208 g/mol. The number of H-pyrrole nitrogens is 1. The van der Waals surface area contributed by atoms with Gasteiger partial charge in [-0.1, -0.05) is 31.4 Å². The first kappa shape index (κ1) is 10.5. The Balaban J connectivity index is 2.16. The van der Waals surface area contributed by atoms with Gasteiger partial charge in [-0.2, -0.15) is 0 Å². The highest BCUT2D eigenvalue weighted by Gasteiger charge is 2.02. The Labute approximate surface area is 94.7 Å². The molecule has 1 aromatic carbocycles. The van der Waals surface area contributed by atoms with E-state index in [1.807, 2.05) is 18.2 Å². The summed E-state index contributed by atoms with van der Waals surface area (Å²) in [6, 6.07) is 5.77. The van der Waals surface area contributed by atoms with Gasteiger partial charge in [0.25, 0.3) is 0 Å². The zero-order chi connectivity index (χ0) is 10.7. The van der Waals surface area contributed by atoms with Crippen molar-refractivity contribution in [2.24, 2.45) is 0 Å². The maximum absolute atomic E-state index is 5.90. The van der Waals surface area contributed by atoms with Gasteiger partial charge < -0.3 is 4.98 Å². The summed E-state index contributed by atoms with van der Waals surface area (Å²) in [5, 5.41) is 0.745. The average Bonchev–Trinajstić information content (AvgIpc) is 2.60. The van der Waals surface area contributed by atoms with E-state index < -0.39 is 0 Å². The standard InChI is InChI=1S/C12H15ClN2/c1-2-3-4-5-12-14-10-7-6-9(13)8-11(10)15-12/h6-8H,2-5H2,1H3,(H,14,15). The molecule has 2 nitrogen and oxygen atoms in total. The smallest absolute Gasteiger partial charge is 0.107 e. The van der Waals surface area contributed by atoms with Crippen molar-refractivity contribution in [1.29, 1.82) is 0 Å². The van der Waals surface area contributed by atoms with Crippen molar-refractivity contribution in [3.63, 3.8) is 0 Å². The largest absolute Gasteiger partial charge is 0.342 e. The quantitative estimate of drug-likeness (QED) is 0.780. The molecule has 2 aromatic rings. The Morgan fingerprint density at radius 2 is 2.20 bits per heavy atom. The molecule has 0 unspecified atom stereocenters. The molecule has 1 aromatic heterocycles. The predicted octanol–water partition coefficient (Wildman–Crippen LogP) is 3.95. The third kappa shape index (κ3) is 2.51. The Morgan fingerprint density at radius 1 is 1.33 bits per heavy atom. The van der Waals surface area contributed by atoms with Crippen molar-refractivity contribution in [3.05, 3.63) is 29.0 Å². The molecule has 0 saturated carbocycles. The van der Waals surface area contributed by atoms with Crippen LogP contribution in [0.1, 0.15) is 32.0 Å². The van der Waals surface area contributed by atoms with Crippen LogP contribution in [0.5, 0.6) is 0 Å². The first-order valence-electron chi connectivity index (χ1n) is 5.43. The molecule has 0 amide bonds. The summed E-state index contributed by atoms with van der Waals surface area (Å²) in [5.74, 6) is 1.07. The summed E-state index contributed by atoms with van der Waals surface area (Å²) in [7, 11) is 0. The van der Waals surface area contributed by atoms with Crippen molar-refractivity contribution in [2.75, 3.05) is 0 Å². The van der Waals surface area contributed by atoms with Gasteiger partial charge in [-0.05, 0) is 24.6 Å². The van der Waals surface area contributed by atoms with Crippen LogP contribution in [0, 0.1) is 0 Å². The number of aryl methyl sites for hydroxylation is 1. The van der Waals surface area contributed by atoms with E-state index in [1.165, 1.54) is 19.3 Å². The number of fused-ring (bicyclic) bond motifs is 1. The summed E-state index contributed by atoms with van der Waals surface area (Å²) in [4.78, 5) is 7.82. The number of imidazole rings is 1. The molecule has 0 atom stereocenters. The zero-order valence-electron chi connectivity index (χ0n) is 8.89. The van der Waals surface area contributed by atoms with Crippen LogP contribution < -0.4 is 0 Å². The third-order valence-corrected chi connectivity index (χ3v) is 2.75. The van der Waals surface area contributed by atoms with Crippen molar-refractivity contribution in [2.45, 2.75) is 32.6 Å². The van der Waals surface area contributed by atoms with Gasteiger partial charge in [-0.15, -0.1) is 0 Å². The number of unbranched alkanes of at least 4 members (excludes halogenated alkanes) is 2. The molecule has 80 valence electrons. The third-order valence-electron chi connectivity index (χ3n) is 2.51. The fourth-order valence-electron chi connectivity index (χ4n) is 1.69. The van der Waals surface area contributed by atoms with Gasteiger partial charge in [0.1, 0.15) is 5.82 Å². The molecule has 2 rings (SSSR count). The topological polar surface area (TPSA) is 28.7 Å². The molecule has 1 N–H and O–H groups in total. The van der Waals surface area contributed by atoms with Gasteiger partial charge in [0.2, 0.25) is 0 Å². The fraction of sp³-hybridized carbons (Fsp3) is 0.417. The van der Waals surface area contributed by atoms with Crippen molar-refractivity contribution in [1.82, 2.24) is 9.97 Å². The first-order chi connectivity index (χ1) is 7.29. The number of benzene rings is 1. The average molecular weight is 223 g/mol. The van der Waals surface area contributed by atoms with Crippen LogP contribution in [-0.2, 0) is 6.42 Å². The molecule has 0 saturated heterocycles. The highest BCUT2D eigenvalue weighted by Crippen LogP contribution is 2.17. The first-order valence-corrected chi connectivity index (χ1v) is 5.81. The molecule has 3 heteroatoms. The number of rotatable bonds is 4. The molecule has 0 fully saturated rings. The molecule has 15 heavy (non-hydrogen) atoms. The van der Waals surface area contributed by atoms with Gasteiger partial charge in [-0.25, -0.2) is 4.98 Å². The molecule has 0 radical (unpaired) electrons. The number of hydrogen-bond donors (Lipinski definition) is 1. The monoisotopic (exact) mass is 222 g/mol. The molecule has 0 aliphatic heterocycles. The number of halogens is 1. The number of aromatic amines is 1. The van der Waals surface area contributed by atoms with E-state index in [0.29, 0.717) is 0 Å². The van der Waals surface area contributed by atoms with Crippen molar-refractivity contribution in [3.8, 4) is 0 Å². The minimum Gasteiger partial charge on any atom is -0.342 e. The van der Waals surface area contributed by atoms with E-state index in [4.69, 9.17) is 11.6 Å². The molecule has 0 aliphatic carbocycles. The van der Waals surface area contributed by atoms with Crippen molar-refractivity contribution < 1.29 is 0 Å². The van der Waals surface area contributed by atoms with Gasteiger partial charge in [0.05, 0.1) is 11.0 Å². The van der Waals surface area contributed by atoms with Gasteiger partial charge >= 0.3 is 0 Å². The van der Waals surface area contributed by atoms with Crippen LogP contribution in [0.25, 0.3) is 11.0 Å². The second-order valence-electron chi connectivity index (χ2n) is 3.80. The lowest BCUT2D eigenvalue weighted by molar-refractivity contribution is 0.700. The summed E-state index contributed by atoms with van der Waals surface area (Å²) in [6.07, 6.45) is 4.73. The van der Waals surface area contributed by atoms with Crippen LogP contribution in [0.15, 0.2) is 18.2 Å². The number of aromatic nitrogens is 2. The normalized spacial score (nSPS) is 11.1. The molecular formula is C12H15ClN2. The van der Waals surface area contributed by atoms with Crippen LogP contribution >= 0.6 is 11.6 Å². The second-order valence-corrected chi connectivity index (χ2v) is 4.24. The Morgan fingerprint density at radius 3 is 3.00 bits per heavy atom. The fourth-order valence-corrected chi connectivity index (χ4v) is 1.86. The number of nitrogens with one attached hydrogen (secondary N) is 1. The lowest BCUT2D eigenvalue weighted by atomic mass is 10.2. The van der Waals surface area contributed by atoms with Crippen molar-refractivity contribution >= 4 is 22.6 Å². The van der Waals surface area contributed by atoms with E-state index in [0.717, 1.165) is 28.3 Å². The molecule has 0 spiro atoms. The summed E-state index contributed by atoms with van der Waals surface area (Å²) < 4.78 is 0. The van der Waals surface area contributed by atoms with Gasteiger partial charge in [-0.3, -0.25) is 0 Å². The Bertz CT molecular complexity index is 448. The molecule has 1 heterocycles. The van der Waals surface area contributed by atoms with Crippen LogP contribution in [0.2, 0.25) is 5.02 Å². The highest BCUT2D eigenvalue weighted by atomic mass is 35.5. The minimum absolute atomic E-state index is 0.745. The van der Waals surface area contributed by atoms with Crippen LogP contribution in [0.3, 0.4) is 0 Å². The predicted molar refractivity (Wildman–Crippen MR) is 64.3 cm³/mol. The molecule has 0 aliphatic rings. The van der Waals surface area contributed by atoms with Crippen LogP contribution in [-0.4, -0.2) is 9.97 Å². The van der Waals surface area contributed by atoms with Gasteiger partial charge in [0.15, 0.2) is 0 Å². The Kier molecular flexibility index (Phi) is 3.27. The lowest BCUT2D eigenvalue weighted by Gasteiger charge is -1.93. The summed E-state index contributed by atoms with van der Waals surface area (Å²) >= 11 is 5.90. The Hall–Kier alpha value is -1.02. The molecule has 0 bridgehead atoms. The summed E-state index contributed by atoms with van der Waals surface area (Å²) in [6.45, 7) is 2.21. The lowest BCUT2D eigenvalue weighted by Crippen LogP contribution is -1.87. The number of hydrogen-bond acceptors (Lipinski definition) is 1. The zero-order valence-corrected chi connectivity index (χ0v) is 9.64. The number of nitrogens with zero attached hydrogens (tertiary/aromatic N) is 1. The van der Waals surface area contributed by atoms with E-state index in [-0.39, 0.29) is 0 Å². The van der Waals surface area contributed by atoms with E-state index in [1.54, 1.807) is 0 Å². The SMILES string of the molecule is CCCCCc1nc2cc(Cl)ccc2[nH]1. The van der Waals surface area contributed by atoms with Gasteiger partial charge in [0, 0.05) is 11.4 Å². The maximum Gasteiger partial charge on any atom is 0.107 e. The minimum atomic E-state index is 0.745. The van der Waals surface area contributed by atoms with E-state index in [2.05, 4.69) is 16.9 Å². The van der Waals surface area contributed by atoms with Crippen LogP contribution in [0.4, 0.5) is 0 Å². The van der Waals surface area contributed by atoms with E-state index >= 15 is 0 Å². The second kappa shape index (κ2) is 4.67. The van der Waals surface area contributed by atoms with E-state index in [9.17, 15) is 0 Å². The summed E-state index contributed by atoms with van der Waals surface area (Å²) in [5.41, 5.74) is 2.04.